The predicted molar refractivity (Wildman–Crippen MR) is 344 cm³/mol. The summed E-state index contributed by atoms with van der Waals surface area (Å²) in [7, 11) is 0. The highest BCUT2D eigenvalue weighted by atomic mass is 16.4. The number of nitrogens with zero attached hydrogens (tertiary/aromatic N) is 2. The summed E-state index contributed by atoms with van der Waals surface area (Å²) in [6.07, 6.45) is 6.20. The average molecular weight is 1260 g/mol. The summed E-state index contributed by atoms with van der Waals surface area (Å²) in [6, 6.07) is 5.79. The lowest BCUT2D eigenvalue weighted by molar-refractivity contribution is -0.142. The van der Waals surface area contributed by atoms with Gasteiger partial charge in [-0.3, -0.25) is 48.3 Å². The van der Waals surface area contributed by atoms with Crippen molar-refractivity contribution >= 4 is 76.0 Å². The van der Waals surface area contributed by atoms with E-state index >= 15 is 0 Å². The van der Waals surface area contributed by atoms with Gasteiger partial charge in [0.2, 0.25) is 47.3 Å². The number of aromatic nitrogens is 1. The van der Waals surface area contributed by atoms with Crippen LogP contribution >= 0.6 is 0 Å². The molecule has 0 bridgehead atoms. The largest absolute Gasteiger partial charge is 0.480 e. The van der Waals surface area contributed by atoms with Gasteiger partial charge < -0.3 is 98.1 Å². The molecule has 25 N–H and O–H groups in total. The SMILES string of the molecule is CC(C)C[C@H](NC(=O)[C@H](CCCCN)NC(=O)[C@H](CCCCN)NC(=O)[C@H](CCCN=C(N)N)NC(=O)[C@H](Cc1c[nH]c2ccccc12)NC(=O)[C@H](Cc1ccccc1)NC(=O)[C@@H]1CCCN1)C(=O)N[C@@H](CCCCN)C(=O)N[C@@H](CCCN=C(N)N)C(=O)O. The Balaban J connectivity index is 1.64. The van der Waals surface area contributed by atoms with Crippen molar-refractivity contribution in [2.75, 3.05) is 39.3 Å². The molecule has 29 nitrogen and oxygen atoms in total. The minimum absolute atomic E-state index is 0.0202. The van der Waals surface area contributed by atoms with Crippen LogP contribution in [-0.4, -0.2) is 169 Å². The van der Waals surface area contributed by atoms with Crippen LogP contribution in [0.5, 0.6) is 0 Å². The fourth-order valence-corrected chi connectivity index (χ4v) is 10.4. The second kappa shape index (κ2) is 40.3. The van der Waals surface area contributed by atoms with Gasteiger partial charge in [0.25, 0.3) is 0 Å². The average Bonchev–Trinajstić information content (AvgIpc) is 1.88. The van der Waals surface area contributed by atoms with Crippen LogP contribution in [0.3, 0.4) is 0 Å². The van der Waals surface area contributed by atoms with E-state index in [2.05, 4.69) is 62.8 Å². The van der Waals surface area contributed by atoms with Crippen LogP contribution < -0.4 is 88.0 Å². The molecule has 4 rings (SSSR count). The molecule has 3 aromatic rings. The molecule has 1 aliphatic rings. The van der Waals surface area contributed by atoms with Crippen molar-refractivity contribution < 1.29 is 48.3 Å². The minimum atomic E-state index is -1.36. The van der Waals surface area contributed by atoms with Gasteiger partial charge in [-0.1, -0.05) is 62.4 Å². The minimum Gasteiger partial charge on any atom is -0.480 e. The number of H-pyrrole nitrogens is 1. The number of aliphatic carboxylic acids is 1. The van der Waals surface area contributed by atoms with Gasteiger partial charge in [0.1, 0.15) is 48.3 Å². The Labute approximate surface area is 526 Å². The third kappa shape index (κ3) is 26.7. The number of fused-ring (bicyclic) bond motifs is 1. The number of guanidine groups is 2. The Kier molecular flexibility index (Phi) is 33.1. The second-order valence-electron chi connectivity index (χ2n) is 23.1. The first-order valence-electron chi connectivity index (χ1n) is 31.3. The molecule has 0 aliphatic carbocycles. The number of aromatic amines is 1. The van der Waals surface area contributed by atoms with E-state index in [9.17, 15) is 48.3 Å². The number of para-hydroxylation sites is 1. The number of carbonyl (C=O) groups excluding carboxylic acids is 8. The molecular weight excluding hydrogens is 1160 g/mol. The topological polar surface area (TPSA) is 505 Å². The first-order valence-corrected chi connectivity index (χ1v) is 31.3. The van der Waals surface area contributed by atoms with E-state index in [1.54, 1.807) is 6.20 Å². The highest BCUT2D eigenvalue weighted by molar-refractivity contribution is 5.98. The predicted octanol–water partition coefficient (Wildman–Crippen LogP) is -1.79. The van der Waals surface area contributed by atoms with Crippen LogP contribution in [0.2, 0.25) is 0 Å². The number of nitrogens with one attached hydrogen (secondary N) is 10. The lowest BCUT2D eigenvalue weighted by atomic mass is 10.00. The Hall–Kier alpha value is -8.41. The Morgan fingerprint density at radius 3 is 1.38 bits per heavy atom. The molecule has 1 saturated heterocycles. The van der Waals surface area contributed by atoms with Gasteiger partial charge in [0, 0.05) is 43.0 Å². The molecule has 29 heteroatoms. The molecule has 0 unspecified atom stereocenters. The molecule has 1 aromatic heterocycles. The smallest absolute Gasteiger partial charge is 0.326 e. The third-order valence-corrected chi connectivity index (χ3v) is 15.2. The molecular formula is C61H99N19O10. The number of amides is 8. The zero-order valence-corrected chi connectivity index (χ0v) is 52.1. The Morgan fingerprint density at radius 2 is 0.922 bits per heavy atom. The summed E-state index contributed by atoms with van der Waals surface area (Å²) in [5.41, 5.74) is 41.8. The molecule has 1 aliphatic heterocycles. The van der Waals surface area contributed by atoms with Crippen molar-refractivity contribution in [1.29, 1.82) is 0 Å². The quantitative estimate of drug-likeness (QED) is 0.0169. The van der Waals surface area contributed by atoms with Crippen molar-refractivity contribution in [3.05, 3.63) is 71.9 Å². The van der Waals surface area contributed by atoms with Crippen LogP contribution in [0.15, 0.2) is 70.8 Å². The number of nitrogens with two attached hydrogens (primary N) is 7. The summed E-state index contributed by atoms with van der Waals surface area (Å²) in [6.45, 7) is 5.27. The van der Waals surface area contributed by atoms with E-state index in [-0.39, 0.29) is 121 Å². The first-order chi connectivity index (χ1) is 43.1. The molecule has 0 radical (unpaired) electrons. The summed E-state index contributed by atoms with van der Waals surface area (Å²) in [4.78, 5) is 139. The van der Waals surface area contributed by atoms with Gasteiger partial charge >= 0.3 is 5.97 Å². The van der Waals surface area contributed by atoms with Gasteiger partial charge in [-0.25, -0.2) is 4.79 Å². The van der Waals surface area contributed by atoms with E-state index < -0.39 is 102 Å². The summed E-state index contributed by atoms with van der Waals surface area (Å²) >= 11 is 0. The van der Waals surface area contributed by atoms with E-state index in [0.717, 1.165) is 22.9 Å². The Morgan fingerprint density at radius 1 is 0.511 bits per heavy atom. The van der Waals surface area contributed by atoms with E-state index in [1.165, 1.54) is 0 Å². The molecule has 0 spiro atoms. The number of carbonyl (C=O) groups is 9. The summed E-state index contributed by atoms with van der Waals surface area (Å²) < 4.78 is 0. The van der Waals surface area contributed by atoms with Crippen molar-refractivity contribution in [3.63, 3.8) is 0 Å². The van der Waals surface area contributed by atoms with Crippen molar-refractivity contribution in [3.8, 4) is 0 Å². The third-order valence-electron chi connectivity index (χ3n) is 15.2. The highest BCUT2D eigenvalue weighted by Crippen LogP contribution is 2.20. The lowest BCUT2D eigenvalue weighted by Crippen LogP contribution is -2.60. The fourth-order valence-electron chi connectivity index (χ4n) is 10.4. The van der Waals surface area contributed by atoms with E-state index in [1.807, 2.05) is 68.4 Å². The normalized spacial score (nSPS) is 15.5. The van der Waals surface area contributed by atoms with Crippen molar-refractivity contribution in [2.45, 2.75) is 184 Å². The van der Waals surface area contributed by atoms with Gasteiger partial charge in [-0.15, -0.1) is 0 Å². The second-order valence-corrected chi connectivity index (χ2v) is 23.1. The number of hydrogen-bond donors (Lipinski definition) is 18. The standard InChI is InChI=1S/C61H99N19O10/c1-37(2)33-48(56(86)75-44(22-9-12-28-63)54(84)77-47(59(89)90)26-16-32-71-61(67)68)78-55(85)45(23-10-13-29-64)74-52(82)43(21-8-11-27-62)73-53(83)46(25-15-31-70-60(65)66)76-58(88)50(35-39-36-72-41-20-7-6-19-40(39)41)80-57(87)49(34-38-17-4-3-5-18-38)79-51(81)42-24-14-30-69-42/h3-7,17-20,36-37,42-50,69,72H,8-16,21-35,62-64H2,1-2H3,(H,73,83)(H,74,82)(H,75,86)(H,76,88)(H,77,84)(H,78,85)(H,79,81)(H,80,87)(H,89,90)(H4,65,66,70)(H4,67,68,71)/t42-,43-,44-,45-,46-,47-,48-,49-,50-/m0/s1. The molecule has 0 saturated carbocycles. The maximum Gasteiger partial charge on any atom is 0.326 e. The van der Waals surface area contributed by atoms with Crippen LogP contribution in [0.25, 0.3) is 10.9 Å². The number of aliphatic imine (C=N–C) groups is 2. The molecule has 2 aromatic carbocycles. The van der Waals surface area contributed by atoms with Gasteiger partial charge in [-0.2, -0.15) is 0 Å². The molecule has 90 heavy (non-hydrogen) atoms. The zero-order chi connectivity index (χ0) is 66.0. The molecule has 1 fully saturated rings. The maximum atomic E-state index is 15.0. The molecule has 9 atom stereocenters. The first kappa shape index (κ1) is 74.1. The number of unbranched alkanes of at least 4 members (excludes halogenated alkanes) is 3. The highest BCUT2D eigenvalue weighted by Gasteiger charge is 2.36. The van der Waals surface area contributed by atoms with Gasteiger partial charge in [0.05, 0.1) is 6.04 Å². The zero-order valence-electron chi connectivity index (χ0n) is 52.1. The van der Waals surface area contributed by atoms with Gasteiger partial charge in [-0.05, 0) is 152 Å². The van der Waals surface area contributed by atoms with Crippen LogP contribution in [0.1, 0.15) is 128 Å². The number of carboxylic acids is 1. The number of benzene rings is 2. The number of rotatable bonds is 43. The fraction of sp³-hybridized carbons (Fsp3) is 0.590. The molecule has 2 heterocycles. The van der Waals surface area contributed by atoms with E-state index in [4.69, 9.17) is 40.1 Å². The van der Waals surface area contributed by atoms with Gasteiger partial charge in [0.15, 0.2) is 11.9 Å². The molecule has 498 valence electrons. The van der Waals surface area contributed by atoms with Crippen LogP contribution in [0, 0.1) is 5.92 Å². The summed E-state index contributed by atoms with van der Waals surface area (Å²) in [5.74, 6) is -7.47. The van der Waals surface area contributed by atoms with Crippen molar-refractivity contribution in [1.82, 2.24) is 52.8 Å². The maximum absolute atomic E-state index is 15.0. The van der Waals surface area contributed by atoms with Crippen molar-refractivity contribution in [2.24, 2.45) is 56.0 Å². The summed E-state index contributed by atoms with van der Waals surface area (Å²) in [5, 5.41) is 36.2. The van der Waals surface area contributed by atoms with Crippen LogP contribution in [-0.2, 0) is 56.0 Å². The Bertz CT molecular complexity index is 2820. The number of hydrogen-bond acceptors (Lipinski definition) is 15. The van der Waals surface area contributed by atoms with E-state index in [0.29, 0.717) is 57.1 Å². The van der Waals surface area contributed by atoms with Crippen LogP contribution in [0.4, 0.5) is 0 Å². The molecule has 8 amide bonds. The lowest BCUT2D eigenvalue weighted by Gasteiger charge is -2.29. The monoisotopic (exact) mass is 1260 g/mol. The number of carboxylic acid groups (broad SMARTS) is 1.